The Morgan fingerprint density at radius 2 is 1.78 bits per heavy atom. The lowest BCUT2D eigenvalue weighted by molar-refractivity contribution is 0.319. The van der Waals surface area contributed by atoms with Crippen molar-refractivity contribution in [1.82, 2.24) is 9.29 Å². The van der Waals surface area contributed by atoms with Crippen molar-refractivity contribution in [3.05, 3.63) is 58.6 Å². The van der Waals surface area contributed by atoms with E-state index in [2.05, 4.69) is 6.07 Å². The highest BCUT2D eigenvalue weighted by Crippen LogP contribution is 2.35. The summed E-state index contributed by atoms with van der Waals surface area (Å²) in [6, 6.07) is 13.9. The van der Waals surface area contributed by atoms with Crippen molar-refractivity contribution in [1.29, 1.82) is 0 Å². The number of aromatic nitrogens is 1. The Kier molecular flexibility index (Phi) is 4.30. The van der Waals surface area contributed by atoms with Crippen molar-refractivity contribution < 1.29 is 8.42 Å². The maximum atomic E-state index is 13.1. The van der Waals surface area contributed by atoms with Crippen LogP contribution >= 0.6 is 11.3 Å². The molecule has 0 bridgehead atoms. The Morgan fingerprint density at radius 3 is 2.59 bits per heavy atom. The van der Waals surface area contributed by atoms with Gasteiger partial charge in [0.15, 0.2) is 0 Å². The van der Waals surface area contributed by atoms with E-state index in [-0.39, 0.29) is 0 Å². The number of rotatable bonds is 3. The molecule has 140 valence electrons. The Bertz CT molecular complexity index is 1060. The minimum Gasteiger partial charge on any atom is -0.241 e. The van der Waals surface area contributed by atoms with Crippen molar-refractivity contribution in [3.63, 3.8) is 0 Å². The molecular formula is C21H22N2O2S2. The highest BCUT2D eigenvalue weighted by Gasteiger charge is 2.31. The Balaban J connectivity index is 1.33. The molecule has 3 aromatic rings. The molecule has 1 aliphatic carbocycles. The SMILES string of the molecule is O=S(=O)(c1ccc2c(c1)CCC2)N1CCC(c2nc3ccccc3s2)CC1. The van der Waals surface area contributed by atoms with Crippen LogP contribution in [0.25, 0.3) is 10.2 Å². The average Bonchev–Trinajstić information content (AvgIpc) is 3.34. The highest BCUT2D eigenvalue weighted by atomic mass is 32.2. The van der Waals surface area contributed by atoms with Crippen LogP contribution in [0.1, 0.15) is 41.3 Å². The summed E-state index contributed by atoms with van der Waals surface area (Å²) in [5.74, 6) is 0.355. The van der Waals surface area contributed by atoms with Gasteiger partial charge in [0.1, 0.15) is 0 Å². The van der Waals surface area contributed by atoms with E-state index in [9.17, 15) is 8.42 Å². The van der Waals surface area contributed by atoms with Crippen molar-refractivity contribution in [2.45, 2.75) is 42.9 Å². The molecule has 0 saturated carbocycles. The number of sulfonamides is 1. The first-order valence-corrected chi connectivity index (χ1v) is 11.8. The molecule has 1 aliphatic heterocycles. The summed E-state index contributed by atoms with van der Waals surface area (Å²) < 4.78 is 29.0. The van der Waals surface area contributed by atoms with Gasteiger partial charge >= 0.3 is 0 Å². The summed E-state index contributed by atoms with van der Waals surface area (Å²) in [5.41, 5.74) is 3.56. The molecule has 4 nitrogen and oxygen atoms in total. The molecule has 27 heavy (non-hydrogen) atoms. The minimum atomic E-state index is -3.40. The molecule has 0 radical (unpaired) electrons. The monoisotopic (exact) mass is 398 g/mol. The predicted molar refractivity (Wildman–Crippen MR) is 109 cm³/mol. The summed E-state index contributed by atoms with van der Waals surface area (Å²) in [6.45, 7) is 1.14. The van der Waals surface area contributed by atoms with Gasteiger partial charge in [-0.05, 0) is 67.5 Å². The zero-order valence-electron chi connectivity index (χ0n) is 15.1. The summed E-state index contributed by atoms with van der Waals surface area (Å²) in [6.07, 6.45) is 4.88. The van der Waals surface area contributed by atoms with Gasteiger partial charge in [-0.15, -0.1) is 11.3 Å². The molecule has 2 heterocycles. The molecule has 0 amide bonds. The fourth-order valence-electron chi connectivity index (χ4n) is 4.27. The van der Waals surface area contributed by atoms with Crippen molar-refractivity contribution in [3.8, 4) is 0 Å². The van der Waals surface area contributed by atoms with Crippen LogP contribution in [0.3, 0.4) is 0 Å². The maximum Gasteiger partial charge on any atom is 0.243 e. The molecular weight excluding hydrogens is 376 g/mol. The molecule has 2 aromatic carbocycles. The first-order valence-electron chi connectivity index (χ1n) is 9.59. The van der Waals surface area contributed by atoms with Gasteiger partial charge in [-0.25, -0.2) is 13.4 Å². The van der Waals surface area contributed by atoms with E-state index in [4.69, 9.17) is 4.98 Å². The molecule has 2 aliphatic rings. The quantitative estimate of drug-likeness (QED) is 0.659. The largest absolute Gasteiger partial charge is 0.243 e. The lowest BCUT2D eigenvalue weighted by atomic mass is 9.99. The number of hydrogen-bond acceptors (Lipinski definition) is 4. The van der Waals surface area contributed by atoms with Crippen molar-refractivity contribution in [2.24, 2.45) is 0 Å². The van der Waals surface area contributed by atoms with Crippen molar-refractivity contribution in [2.75, 3.05) is 13.1 Å². The predicted octanol–water partition coefficient (Wildman–Crippen LogP) is 4.35. The van der Waals surface area contributed by atoms with Crippen LogP contribution in [0, 0.1) is 0 Å². The summed E-state index contributed by atoms with van der Waals surface area (Å²) in [5, 5.41) is 1.14. The molecule has 5 rings (SSSR count). The Morgan fingerprint density at radius 1 is 1.00 bits per heavy atom. The van der Waals surface area contributed by atoms with Gasteiger partial charge in [-0.1, -0.05) is 18.2 Å². The number of benzene rings is 2. The number of hydrogen-bond donors (Lipinski definition) is 0. The van der Waals surface area contributed by atoms with E-state index < -0.39 is 10.0 Å². The molecule has 0 atom stereocenters. The number of para-hydroxylation sites is 1. The second-order valence-electron chi connectivity index (χ2n) is 7.48. The van der Waals surface area contributed by atoms with Gasteiger partial charge in [0.05, 0.1) is 20.1 Å². The van der Waals surface area contributed by atoms with E-state index in [0.29, 0.717) is 23.9 Å². The molecule has 1 fully saturated rings. The van der Waals surface area contributed by atoms with Crippen LogP contribution in [-0.4, -0.2) is 30.8 Å². The van der Waals surface area contributed by atoms with Crippen LogP contribution in [0.4, 0.5) is 0 Å². The third-order valence-corrected chi connectivity index (χ3v) is 8.91. The highest BCUT2D eigenvalue weighted by molar-refractivity contribution is 7.89. The lowest BCUT2D eigenvalue weighted by Crippen LogP contribution is -2.37. The van der Waals surface area contributed by atoms with Gasteiger partial charge in [-0.3, -0.25) is 0 Å². The van der Waals surface area contributed by atoms with E-state index in [1.165, 1.54) is 15.8 Å². The summed E-state index contributed by atoms with van der Waals surface area (Å²) in [4.78, 5) is 5.23. The molecule has 0 spiro atoms. The van der Waals surface area contributed by atoms with Gasteiger partial charge in [0, 0.05) is 19.0 Å². The summed E-state index contributed by atoms with van der Waals surface area (Å²) >= 11 is 1.74. The standard InChI is InChI=1S/C21H22N2O2S2/c24-27(25,18-9-8-15-4-3-5-17(15)14-18)23-12-10-16(11-13-23)21-22-19-6-1-2-7-20(19)26-21/h1-2,6-9,14,16H,3-5,10-13H2. The van der Waals surface area contributed by atoms with Crippen LogP contribution in [-0.2, 0) is 22.9 Å². The fraction of sp³-hybridized carbons (Fsp3) is 0.381. The second kappa shape index (κ2) is 6.69. The maximum absolute atomic E-state index is 13.1. The molecule has 0 N–H and O–H groups in total. The number of fused-ring (bicyclic) bond motifs is 2. The van der Waals surface area contributed by atoms with Crippen LogP contribution in [0.15, 0.2) is 47.4 Å². The van der Waals surface area contributed by atoms with Crippen LogP contribution < -0.4 is 0 Å². The van der Waals surface area contributed by atoms with Crippen LogP contribution in [0.5, 0.6) is 0 Å². The lowest BCUT2D eigenvalue weighted by Gasteiger charge is -2.30. The fourth-order valence-corrected chi connectivity index (χ4v) is 6.92. The normalized spacial score (nSPS) is 18.8. The smallest absolute Gasteiger partial charge is 0.241 e. The summed E-state index contributed by atoms with van der Waals surface area (Å²) in [7, 11) is -3.40. The van der Waals surface area contributed by atoms with E-state index in [1.807, 2.05) is 30.3 Å². The number of piperidine rings is 1. The molecule has 6 heteroatoms. The molecule has 1 saturated heterocycles. The average molecular weight is 399 g/mol. The number of nitrogens with zero attached hydrogens (tertiary/aromatic N) is 2. The topological polar surface area (TPSA) is 50.3 Å². The van der Waals surface area contributed by atoms with Gasteiger partial charge in [0.2, 0.25) is 10.0 Å². The molecule has 0 unspecified atom stereocenters. The number of aryl methyl sites for hydroxylation is 2. The first-order chi connectivity index (χ1) is 13.1. The van der Waals surface area contributed by atoms with E-state index >= 15 is 0 Å². The zero-order valence-corrected chi connectivity index (χ0v) is 16.7. The van der Waals surface area contributed by atoms with E-state index in [1.54, 1.807) is 21.7 Å². The van der Waals surface area contributed by atoms with Crippen molar-refractivity contribution >= 4 is 31.6 Å². The van der Waals surface area contributed by atoms with Gasteiger partial charge < -0.3 is 0 Å². The minimum absolute atomic E-state index is 0.355. The molecule has 1 aromatic heterocycles. The second-order valence-corrected chi connectivity index (χ2v) is 10.5. The van der Waals surface area contributed by atoms with Gasteiger partial charge in [-0.2, -0.15) is 4.31 Å². The van der Waals surface area contributed by atoms with Crippen LogP contribution in [0.2, 0.25) is 0 Å². The van der Waals surface area contributed by atoms with E-state index in [0.717, 1.165) is 42.6 Å². The first kappa shape index (κ1) is 17.3. The number of thiazole rings is 1. The third-order valence-electron chi connectivity index (χ3n) is 5.82. The Labute approximate surface area is 163 Å². The Hall–Kier alpha value is -1.76. The third kappa shape index (κ3) is 3.10. The van der Waals surface area contributed by atoms with Gasteiger partial charge in [0.25, 0.3) is 0 Å². The zero-order chi connectivity index (χ0) is 18.4.